The van der Waals surface area contributed by atoms with Crippen LogP contribution in [0.25, 0.3) is 0 Å². The van der Waals surface area contributed by atoms with Gasteiger partial charge in [0.2, 0.25) is 0 Å². The number of carbonyl (C=O) groups is 1. The molecule has 0 amide bonds. The second kappa shape index (κ2) is 6.14. The molecule has 0 bridgehead atoms. The van der Waals surface area contributed by atoms with Crippen LogP contribution in [0, 0.1) is 5.92 Å². The van der Waals surface area contributed by atoms with Gasteiger partial charge in [0.1, 0.15) is 5.78 Å². The minimum atomic E-state index is 0.250. The van der Waals surface area contributed by atoms with E-state index in [0.717, 1.165) is 25.7 Å². The molecule has 1 heteroatoms. The highest BCUT2D eigenvalue weighted by atomic mass is 16.1. The molecule has 0 N–H and O–H groups in total. The van der Waals surface area contributed by atoms with E-state index in [0.29, 0.717) is 5.78 Å². The summed E-state index contributed by atoms with van der Waals surface area (Å²) in [4.78, 5) is 11.2. The molecule has 0 aromatic carbocycles. The summed E-state index contributed by atoms with van der Waals surface area (Å²) in [7, 11) is 0. The van der Waals surface area contributed by atoms with Gasteiger partial charge in [-0.2, -0.15) is 0 Å². The first-order chi connectivity index (χ1) is 5.22. The van der Waals surface area contributed by atoms with Crippen LogP contribution in [0.5, 0.6) is 0 Å². The Morgan fingerprint density at radius 1 is 1.64 bits per heavy atom. The van der Waals surface area contributed by atoms with Crippen LogP contribution < -0.4 is 0 Å². The number of allylic oxidation sites excluding steroid dienone is 1. The summed E-state index contributed by atoms with van der Waals surface area (Å²) in [6.45, 7) is 7.66. The number of carbonyl (C=O) groups excluding carboxylic acids is 1. The van der Waals surface area contributed by atoms with Gasteiger partial charge in [-0.15, -0.1) is 6.58 Å². The topological polar surface area (TPSA) is 17.1 Å². The van der Waals surface area contributed by atoms with Crippen LogP contribution in [-0.2, 0) is 4.79 Å². The van der Waals surface area contributed by atoms with Crippen molar-refractivity contribution in [3.63, 3.8) is 0 Å². The Hall–Kier alpha value is -0.590. The van der Waals surface area contributed by atoms with Crippen LogP contribution in [-0.4, -0.2) is 5.78 Å². The molecule has 0 aromatic heterocycles. The summed E-state index contributed by atoms with van der Waals surface area (Å²) >= 11 is 0. The van der Waals surface area contributed by atoms with Gasteiger partial charge in [0.05, 0.1) is 0 Å². The third-order valence-electron chi connectivity index (χ3n) is 1.99. The number of hydrogen-bond donors (Lipinski definition) is 0. The Labute approximate surface area is 69.5 Å². The fourth-order valence-corrected chi connectivity index (χ4v) is 0.895. The van der Waals surface area contributed by atoms with Crippen molar-refractivity contribution < 1.29 is 4.79 Å². The van der Waals surface area contributed by atoms with E-state index in [9.17, 15) is 4.79 Å². The van der Waals surface area contributed by atoms with Crippen molar-refractivity contribution >= 4 is 5.78 Å². The maximum Gasteiger partial charge on any atom is 0.135 e. The molecular weight excluding hydrogens is 136 g/mol. The number of rotatable bonds is 6. The van der Waals surface area contributed by atoms with Gasteiger partial charge in [0.25, 0.3) is 0 Å². The van der Waals surface area contributed by atoms with Gasteiger partial charge in [0, 0.05) is 12.3 Å². The molecule has 0 heterocycles. The summed E-state index contributed by atoms with van der Waals surface area (Å²) < 4.78 is 0. The predicted molar refractivity (Wildman–Crippen MR) is 48.5 cm³/mol. The van der Waals surface area contributed by atoms with Crippen molar-refractivity contribution in [2.45, 2.75) is 39.5 Å². The van der Waals surface area contributed by atoms with E-state index in [1.165, 1.54) is 0 Å². The Kier molecular flexibility index (Phi) is 5.81. The van der Waals surface area contributed by atoms with E-state index in [-0.39, 0.29) is 5.92 Å². The molecule has 0 aliphatic carbocycles. The number of Topliss-reactive ketones (excluding diaryl/α,β-unsaturated/α-hetero) is 1. The quantitative estimate of drug-likeness (QED) is 0.424. The lowest BCUT2D eigenvalue weighted by Crippen LogP contribution is -2.08. The van der Waals surface area contributed by atoms with Gasteiger partial charge >= 0.3 is 0 Å². The van der Waals surface area contributed by atoms with Crippen LogP contribution in [0.2, 0.25) is 0 Å². The number of unbranched alkanes of at least 4 members (excludes halogenated alkanes) is 1. The summed E-state index contributed by atoms with van der Waals surface area (Å²) in [5, 5.41) is 0. The molecule has 0 saturated carbocycles. The average molecular weight is 154 g/mol. The van der Waals surface area contributed by atoms with Gasteiger partial charge in [-0.25, -0.2) is 0 Å². The van der Waals surface area contributed by atoms with Crippen molar-refractivity contribution in [1.82, 2.24) is 0 Å². The van der Waals surface area contributed by atoms with Crippen molar-refractivity contribution in [3.8, 4) is 0 Å². The normalized spacial score (nSPS) is 12.5. The molecule has 64 valence electrons. The fraction of sp³-hybridized carbons (Fsp3) is 0.700. The zero-order valence-corrected chi connectivity index (χ0v) is 7.60. The Morgan fingerprint density at radius 2 is 2.27 bits per heavy atom. The smallest absolute Gasteiger partial charge is 0.135 e. The molecular formula is C10H18O. The largest absolute Gasteiger partial charge is 0.299 e. The molecule has 0 fully saturated rings. The Balaban J connectivity index is 3.43. The minimum Gasteiger partial charge on any atom is -0.299 e. The van der Waals surface area contributed by atoms with Crippen LogP contribution in [0.1, 0.15) is 39.5 Å². The second-order valence-electron chi connectivity index (χ2n) is 2.96. The summed E-state index contributed by atoms with van der Waals surface area (Å²) in [6.07, 6.45) is 5.48. The Bertz CT molecular complexity index is 127. The van der Waals surface area contributed by atoms with Crippen LogP contribution in [0.4, 0.5) is 0 Å². The van der Waals surface area contributed by atoms with E-state index in [1.807, 2.05) is 13.0 Å². The molecule has 0 aliphatic rings. The lowest BCUT2D eigenvalue weighted by atomic mass is 9.99. The highest BCUT2D eigenvalue weighted by molar-refractivity contribution is 5.80. The minimum absolute atomic E-state index is 0.250. The highest BCUT2D eigenvalue weighted by Gasteiger charge is 2.08. The lowest BCUT2D eigenvalue weighted by Gasteiger charge is -2.05. The van der Waals surface area contributed by atoms with Crippen molar-refractivity contribution in [2.24, 2.45) is 5.92 Å². The van der Waals surface area contributed by atoms with E-state index in [2.05, 4.69) is 13.5 Å². The first-order valence-electron chi connectivity index (χ1n) is 4.36. The predicted octanol–water partition coefficient (Wildman–Crippen LogP) is 2.96. The van der Waals surface area contributed by atoms with Gasteiger partial charge in [0.15, 0.2) is 0 Å². The fourth-order valence-electron chi connectivity index (χ4n) is 0.895. The van der Waals surface area contributed by atoms with E-state index < -0.39 is 0 Å². The maximum atomic E-state index is 11.2. The summed E-state index contributed by atoms with van der Waals surface area (Å²) in [5.41, 5.74) is 0. The van der Waals surface area contributed by atoms with Crippen molar-refractivity contribution in [2.75, 3.05) is 0 Å². The molecule has 0 radical (unpaired) electrons. The van der Waals surface area contributed by atoms with Crippen LogP contribution >= 0.6 is 0 Å². The first-order valence-corrected chi connectivity index (χ1v) is 4.36. The molecule has 0 rings (SSSR count). The molecule has 0 aliphatic heterocycles. The Morgan fingerprint density at radius 3 is 2.73 bits per heavy atom. The zero-order chi connectivity index (χ0) is 8.69. The molecule has 0 saturated heterocycles. The lowest BCUT2D eigenvalue weighted by molar-refractivity contribution is -0.122. The molecule has 1 atom stereocenters. The molecule has 11 heavy (non-hydrogen) atoms. The van der Waals surface area contributed by atoms with Gasteiger partial charge in [-0.1, -0.05) is 19.9 Å². The molecule has 1 nitrogen and oxygen atoms in total. The van der Waals surface area contributed by atoms with E-state index in [4.69, 9.17) is 0 Å². The monoisotopic (exact) mass is 154 g/mol. The van der Waals surface area contributed by atoms with E-state index >= 15 is 0 Å². The molecule has 0 aromatic rings. The SMILES string of the molecule is C=CCCCC(=O)C(C)CC. The highest BCUT2D eigenvalue weighted by Crippen LogP contribution is 2.08. The first kappa shape index (κ1) is 10.4. The number of hydrogen-bond acceptors (Lipinski definition) is 1. The third kappa shape index (κ3) is 4.77. The average Bonchev–Trinajstić information content (AvgIpc) is 2.03. The summed E-state index contributed by atoms with van der Waals surface area (Å²) in [5.74, 6) is 0.647. The van der Waals surface area contributed by atoms with Crippen molar-refractivity contribution in [1.29, 1.82) is 0 Å². The van der Waals surface area contributed by atoms with Crippen LogP contribution in [0.15, 0.2) is 12.7 Å². The van der Waals surface area contributed by atoms with E-state index in [1.54, 1.807) is 0 Å². The van der Waals surface area contributed by atoms with Gasteiger partial charge in [-0.3, -0.25) is 4.79 Å². The molecule has 0 spiro atoms. The maximum absolute atomic E-state index is 11.2. The number of ketones is 1. The van der Waals surface area contributed by atoms with Gasteiger partial charge < -0.3 is 0 Å². The zero-order valence-electron chi connectivity index (χ0n) is 7.60. The third-order valence-corrected chi connectivity index (χ3v) is 1.99. The molecule has 1 unspecified atom stereocenters. The standard InChI is InChI=1S/C10H18O/c1-4-6-7-8-10(11)9(3)5-2/h4,9H,1,5-8H2,2-3H3. The van der Waals surface area contributed by atoms with Crippen molar-refractivity contribution in [3.05, 3.63) is 12.7 Å². The van der Waals surface area contributed by atoms with Crippen LogP contribution in [0.3, 0.4) is 0 Å². The second-order valence-corrected chi connectivity index (χ2v) is 2.96. The summed E-state index contributed by atoms with van der Waals surface area (Å²) in [6, 6.07) is 0. The van der Waals surface area contributed by atoms with Gasteiger partial charge in [-0.05, 0) is 19.3 Å².